The van der Waals surface area contributed by atoms with Gasteiger partial charge in [0.05, 0.1) is 12.1 Å². The average Bonchev–Trinajstić information content (AvgIpc) is 3.01. The van der Waals surface area contributed by atoms with Gasteiger partial charge in [-0.3, -0.25) is 4.79 Å². The minimum absolute atomic E-state index is 0.0451. The molecule has 0 heterocycles. The van der Waals surface area contributed by atoms with E-state index in [0.717, 1.165) is 18.6 Å². The highest BCUT2D eigenvalue weighted by Crippen LogP contribution is 2.27. The number of ether oxygens (including phenoxy) is 1. The Morgan fingerprint density at radius 1 is 1.53 bits per heavy atom. The van der Waals surface area contributed by atoms with Crippen molar-refractivity contribution < 1.29 is 9.53 Å². The van der Waals surface area contributed by atoms with E-state index in [1.165, 1.54) is 0 Å². The van der Waals surface area contributed by atoms with Gasteiger partial charge in [0.2, 0.25) is 0 Å². The maximum atomic E-state index is 11.6. The SMILES string of the molecule is CC(N)C(=O)c1cccc(OC2CC2)c1. The fourth-order valence-corrected chi connectivity index (χ4v) is 1.36. The molecule has 1 atom stereocenters. The fraction of sp³-hybridized carbons (Fsp3) is 0.417. The molecule has 0 radical (unpaired) electrons. The van der Waals surface area contributed by atoms with Gasteiger partial charge in [0.15, 0.2) is 5.78 Å². The Balaban J connectivity index is 2.13. The van der Waals surface area contributed by atoms with Gasteiger partial charge >= 0.3 is 0 Å². The molecule has 0 saturated heterocycles. The summed E-state index contributed by atoms with van der Waals surface area (Å²) < 4.78 is 5.60. The van der Waals surface area contributed by atoms with Crippen LogP contribution in [-0.2, 0) is 0 Å². The van der Waals surface area contributed by atoms with Crippen molar-refractivity contribution in [3.63, 3.8) is 0 Å². The molecule has 1 saturated carbocycles. The second kappa shape index (κ2) is 4.03. The summed E-state index contributed by atoms with van der Waals surface area (Å²) >= 11 is 0. The van der Waals surface area contributed by atoms with Gasteiger partial charge in [0.25, 0.3) is 0 Å². The first kappa shape index (κ1) is 10.2. The molecule has 1 fully saturated rings. The Morgan fingerprint density at radius 3 is 2.87 bits per heavy atom. The summed E-state index contributed by atoms with van der Waals surface area (Å²) in [4.78, 5) is 11.6. The van der Waals surface area contributed by atoms with Gasteiger partial charge < -0.3 is 10.5 Å². The van der Waals surface area contributed by atoms with Crippen LogP contribution in [0.4, 0.5) is 0 Å². The molecular weight excluding hydrogens is 190 g/mol. The summed E-state index contributed by atoms with van der Waals surface area (Å²) in [6.45, 7) is 1.69. The largest absolute Gasteiger partial charge is 0.490 e. The Kier molecular flexibility index (Phi) is 2.73. The number of rotatable bonds is 4. The van der Waals surface area contributed by atoms with Gasteiger partial charge in [-0.15, -0.1) is 0 Å². The molecule has 1 aliphatic rings. The van der Waals surface area contributed by atoms with Gasteiger partial charge in [-0.25, -0.2) is 0 Å². The van der Waals surface area contributed by atoms with Crippen LogP contribution in [0.2, 0.25) is 0 Å². The molecule has 0 amide bonds. The van der Waals surface area contributed by atoms with Gasteiger partial charge in [0, 0.05) is 5.56 Å². The van der Waals surface area contributed by atoms with Gasteiger partial charge in [-0.05, 0) is 31.9 Å². The zero-order valence-corrected chi connectivity index (χ0v) is 8.77. The monoisotopic (exact) mass is 205 g/mol. The minimum atomic E-state index is -0.457. The van der Waals surface area contributed by atoms with Crippen LogP contribution in [0, 0.1) is 0 Å². The van der Waals surface area contributed by atoms with Crippen molar-refractivity contribution in [1.82, 2.24) is 0 Å². The van der Waals surface area contributed by atoms with Crippen LogP contribution < -0.4 is 10.5 Å². The van der Waals surface area contributed by atoms with Crippen LogP contribution in [0.15, 0.2) is 24.3 Å². The van der Waals surface area contributed by atoms with E-state index in [9.17, 15) is 4.79 Å². The number of hydrogen-bond acceptors (Lipinski definition) is 3. The van der Waals surface area contributed by atoms with Gasteiger partial charge in [-0.1, -0.05) is 12.1 Å². The molecule has 2 rings (SSSR count). The van der Waals surface area contributed by atoms with Crippen LogP contribution in [0.5, 0.6) is 5.75 Å². The number of carbonyl (C=O) groups is 1. The first-order valence-electron chi connectivity index (χ1n) is 5.23. The first-order valence-corrected chi connectivity index (χ1v) is 5.23. The maximum Gasteiger partial charge on any atom is 0.179 e. The third-order valence-corrected chi connectivity index (χ3v) is 2.36. The highest BCUT2D eigenvalue weighted by molar-refractivity contribution is 5.99. The molecule has 1 aromatic carbocycles. The maximum absolute atomic E-state index is 11.6. The molecule has 0 bridgehead atoms. The zero-order valence-electron chi connectivity index (χ0n) is 8.77. The molecule has 80 valence electrons. The standard InChI is InChI=1S/C12H15NO2/c1-8(13)12(14)9-3-2-4-11(7-9)15-10-5-6-10/h2-4,7-8,10H,5-6,13H2,1H3. The fourth-order valence-electron chi connectivity index (χ4n) is 1.36. The first-order chi connectivity index (χ1) is 7.16. The molecule has 0 aromatic heterocycles. The summed E-state index contributed by atoms with van der Waals surface area (Å²) in [6.07, 6.45) is 2.59. The predicted octanol–water partition coefficient (Wildman–Crippen LogP) is 1.76. The number of Topliss-reactive ketones (excluding diaryl/α,β-unsaturated/α-hetero) is 1. The normalized spacial score (nSPS) is 17.2. The lowest BCUT2D eigenvalue weighted by Crippen LogP contribution is -2.26. The molecule has 1 aromatic rings. The van der Waals surface area contributed by atoms with Crippen LogP contribution >= 0.6 is 0 Å². The Morgan fingerprint density at radius 2 is 2.27 bits per heavy atom. The predicted molar refractivity (Wildman–Crippen MR) is 58.1 cm³/mol. The van der Waals surface area contributed by atoms with Crippen molar-refractivity contribution in [2.24, 2.45) is 5.73 Å². The summed E-state index contributed by atoms with van der Waals surface area (Å²) in [5.41, 5.74) is 6.17. The van der Waals surface area contributed by atoms with E-state index in [4.69, 9.17) is 10.5 Å². The third kappa shape index (κ3) is 2.57. The van der Waals surface area contributed by atoms with Gasteiger partial charge in [-0.2, -0.15) is 0 Å². The summed E-state index contributed by atoms with van der Waals surface area (Å²) in [5, 5.41) is 0. The Labute approximate surface area is 89.2 Å². The Bertz CT molecular complexity index is 370. The smallest absolute Gasteiger partial charge is 0.179 e. The second-order valence-corrected chi connectivity index (χ2v) is 4.00. The molecule has 15 heavy (non-hydrogen) atoms. The lowest BCUT2D eigenvalue weighted by Gasteiger charge is -2.07. The van der Waals surface area contributed by atoms with Crippen molar-refractivity contribution >= 4 is 5.78 Å². The lowest BCUT2D eigenvalue weighted by atomic mass is 10.1. The van der Waals surface area contributed by atoms with Gasteiger partial charge in [0.1, 0.15) is 5.75 Å². The van der Waals surface area contributed by atoms with Crippen molar-refractivity contribution in [1.29, 1.82) is 0 Å². The molecule has 0 spiro atoms. The summed E-state index contributed by atoms with van der Waals surface area (Å²) in [7, 11) is 0. The lowest BCUT2D eigenvalue weighted by molar-refractivity contribution is 0.0967. The highest BCUT2D eigenvalue weighted by Gasteiger charge is 2.23. The zero-order chi connectivity index (χ0) is 10.8. The number of carbonyl (C=O) groups excluding carboxylic acids is 1. The summed E-state index contributed by atoms with van der Waals surface area (Å²) in [5.74, 6) is 0.722. The second-order valence-electron chi connectivity index (χ2n) is 4.00. The molecule has 3 nitrogen and oxygen atoms in total. The topological polar surface area (TPSA) is 52.3 Å². The van der Waals surface area contributed by atoms with E-state index in [0.29, 0.717) is 11.7 Å². The van der Waals surface area contributed by atoms with Crippen LogP contribution in [0.1, 0.15) is 30.1 Å². The summed E-state index contributed by atoms with van der Waals surface area (Å²) in [6, 6.07) is 6.78. The minimum Gasteiger partial charge on any atom is -0.490 e. The average molecular weight is 205 g/mol. The van der Waals surface area contributed by atoms with E-state index in [-0.39, 0.29) is 5.78 Å². The van der Waals surface area contributed by atoms with E-state index in [1.54, 1.807) is 19.1 Å². The van der Waals surface area contributed by atoms with E-state index >= 15 is 0 Å². The number of benzene rings is 1. The molecule has 1 unspecified atom stereocenters. The molecule has 3 heteroatoms. The van der Waals surface area contributed by atoms with Crippen LogP contribution in [0.25, 0.3) is 0 Å². The van der Waals surface area contributed by atoms with Crippen LogP contribution in [0.3, 0.4) is 0 Å². The van der Waals surface area contributed by atoms with Crippen LogP contribution in [-0.4, -0.2) is 17.9 Å². The van der Waals surface area contributed by atoms with E-state index in [2.05, 4.69) is 0 Å². The van der Waals surface area contributed by atoms with Crippen molar-refractivity contribution in [3.8, 4) is 5.75 Å². The number of ketones is 1. The Hall–Kier alpha value is -1.35. The number of nitrogens with two attached hydrogens (primary N) is 1. The van der Waals surface area contributed by atoms with Crippen molar-refractivity contribution in [2.45, 2.75) is 31.9 Å². The molecule has 2 N–H and O–H groups in total. The molecule has 0 aliphatic heterocycles. The third-order valence-electron chi connectivity index (χ3n) is 2.36. The van der Waals surface area contributed by atoms with Crippen molar-refractivity contribution in [2.75, 3.05) is 0 Å². The van der Waals surface area contributed by atoms with E-state index < -0.39 is 6.04 Å². The molecule has 1 aliphatic carbocycles. The highest BCUT2D eigenvalue weighted by atomic mass is 16.5. The molecular formula is C12H15NO2. The number of hydrogen-bond donors (Lipinski definition) is 1. The quantitative estimate of drug-likeness (QED) is 0.762. The van der Waals surface area contributed by atoms with E-state index in [1.807, 2.05) is 12.1 Å². The van der Waals surface area contributed by atoms with Crippen molar-refractivity contribution in [3.05, 3.63) is 29.8 Å².